The zero-order valence-corrected chi connectivity index (χ0v) is 16.3. The summed E-state index contributed by atoms with van der Waals surface area (Å²) in [5, 5.41) is 12.4. The minimum absolute atomic E-state index is 0.139. The lowest BCUT2D eigenvalue weighted by Gasteiger charge is -2.15. The molecule has 28 heavy (non-hydrogen) atoms. The van der Waals surface area contributed by atoms with Gasteiger partial charge < -0.3 is 5.32 Å². The van der Waals surface area contributed by atoms with Gasteiger partial charge in [-0.2, -0.15) is 10.2 Å². The Bertz CT molecular complexity index is 1170. The maximum absolute atomic E-state index is 13.2. The number of nitrogens with one attached hydrogen (secondary N) is 1. The summed E-state index contributed by atoms with van der Waals surface area (Å²) >= 11 is 0. The fraction of sp³-hybridized carbons (Fsp3) is 0.238. The number of nitrogens with zero attached hydrogens (tertiary/aromatic N) is 5. The molecule has 0 saturated carbocycles. The third kappa shape index (κ3) is 3.15. The lowest BCUT2D eigenvalue weighted by molar-refractivity contribution is 0.0941. The quantitative estimate of drug-likeness (QED) is 0.595. The van der Waals surface area contributed by atoms with Crippen LogP contribution in [0.1, 0.15) is 34.6 Å². The highest BCUT2D eigenvalue weighted by Gasteiger charge is 2.19. The molecule has 0 spiro atoms. The van der Waals surface area contributed by atoms with Gasteiger partial charge in [0.25, 0.3) is 5.91 Å². The summed E-state index contributed by atoms with van der Waals surface area (Å²) in [6, 6.07) is 9.35. The molecule has 0 saturated heterocycles. The molecule has 1 atom stereocenters. The largest absolute Gasteiger partial charge is 0.345 e. The van der Waals surface area contributed by atoms with Crippen molar-refractivity contribution >= 4 is 16.8 Å². The number of rotatable bonds is 4. The molecule has 4 aromatic rings. The Hall–Kier alpha value is -3.48. The van der Waals surface area contributed by atoms with Crippen LogP contribution in [0.4, 0.5) is 0 Å². The molecule has 0 fully saturated rings. The summed E-state index contributed by atoms with van der Waals surface area (Å²) < 4.78 is 3.53. The molecule has 1 aromatic carbocycles. The number of carbonyl (C=O) groups is 1. The summed E-state index contributed by atoms with van der Waals surface area (Å²) in [6.45, 7) is 3.96. The lowest BCUT2D eigenvalue weighted by atomic mass is 10.0. The fourth-order valence-corrected chi connectivity index (χ4v) is 3.36. The zero-order chi connectivity index (χ0) is 19.8. The average Bonchev–Trinajstić information content (AvgIpc) is 3.26. The molecule has 7 nitrogen and oxygen atoms in total. The number of aromatic nitrogens is 5. The van der Waals surface area contributed by atoms with E-state index < -0.39 is 0 Å². The molecule has 3 aromatic heterocycles. The monoisotopic (exact) mass is 374 g/mol. The molecular weight excluding hydrogens is 352 g/mol. The summed E-state index contributed by atoms with van der Waals surface area (Å²) in [4.78, 5) is 17.9. The molecule has 3 heterocycles. The number of para-hydroxylation sites is 1. The molecule has 0 unspecified atom stereocenters. The SMILES string of the molecule is Cc1c([C@@H](C)NC(=O)c2cc(-c3cnn(C)c3)nc3ccccc23)cnn1C. The molecule has 4 rings (SSSR count). The number of pyridine rings is 1. The van der Waals surface area contributed by atoms with Crippen LogP contribution in [0, 0.1) is 6.92 Å². The second-order valence-electron chi connectivity index (χ2n) is 6.98. The van der Waals surface area contributed by atoms with Gasteiger partial charge in [-0.3, -0.25) is 14.2 Å². The topological polar surface area (TPSA) is 77.6 Å². The van der Waals surface area contributed by atoms with E-state index >= 15 is 0 Å². The third-order valence-corrected chi connectivity index (χ3v) is 5.05. The van der Waals surface area contributed by atoms with Crippen LogP contribution in [0.25, 0.3) is 22.2 Å². The highest BCUT2D eigenvalue weighted by molar-refractivity contribution is 6.07. The first-order valence-corrected chi connectivity index (χ1v) is 9.12. The summed E-state index contributed by atoms with van der Waals surface area (Å²) in [5.74, 6) is -0.139. The van der Waals surface area contributed by atoms with Crippen LogP contribution in [-0.4, -0.2) is 30.5 Å². The number of hydrogen-bond donors (Lipinski definition) is 1. The molecule has 0 aliphatic rings. The summed E-state index contributed by atoms with van der Waals surface area (Å²) in [7, 11) is 3.75. The number of fused-ring (bicyclic) bond motifs is 1. The molecule has 0 radical (unpaired) electrons. The Balaban J connectivity index is 1.74. The molecule has 7 heteroatoms. The number of benzene rings is 1. The van der Waals surface area contributed by atoms with Crippen LogP contribution in [0.2, 0.25) is 0 Å². The Morgan fingerprint density at radius 2 is 1.93 bits per heavy atom. The molecule has 142 valence electrons. The normalized spacial score (nSPS) is 12.3. The van der Waals surface area contributed by atoms with Crippen LogP contribution in [0.5, 0.6) is 0 Å². The molecule has 1 N–H and O–H groups in total. The predicted octanol–water partition coefficient (Wildman–Crippen LogP) is 3.17. The molecule has 0 bridgehead atoms. The van der Waals surface area contributed by atoms with Crippen molar-refractivity contribution in [3.63, 3.8) is 0 Å². The van der Waals surface area contributed by atoms with Gasteiger partial charge in [0.1, 0.15) is 0 Å². The van der Waals surface area contributed by atoms with E-state index in [-0.39, 0.29) is 11.9 Å². The van der Waals surface area contributed by atoms with Crippen molar-refractivity contribution in [2.75, 3.05) is 0 Å². The smallest absolute Gasteiger partial charge is 0.252 e. The number of hydrogen-bond acceptors (Lipinski definition) is 4. The summed E-state index contributed by atoms with van der Waals surface area (Å²) in [5.41, 5.74) is 5.00. The Kier molecular flexibility index (Phi) is 4.43. The van der Waals surface area contributed by atoms with Gasteiger partial charge in [-0.1, -0.05) is 18.2 Å². The Morgan fingerprint density at radius 3 is 2.61 bits per heavy atom. The van der Waals surface area contributed by atoms with E-state index in [1.54, 1.807) is 21.8 Å². The standard InChI is InChI=1S/C21H22N6O/c1-13(18-11-23-27(4)14(18)2)24-21(28)17-9-20(15-10-22-26(3)12-15)25-19-8-6-5-7-16(17)19/h5-13H,1-4H3,(H,24,28)/t13-/m1/s1. The first-order chi connectivity index (χ1) is 13.4. The van der Waals surface area contributed by atoms with Gasteiger partial charge in [0.15, 0.2) is 0 Å². The number of aryl methyl sites for hydroxylation is 2. The van der Waals surface area contributed by atoms with Gasteiger partial charge in [-0.25, -0.2) is 4.98 Å². The van der Waals surface area contributed by atoms with Crippen molar-refractivity contribution in [1.82, 2.24) is 29.9 Å². The van der Waals surface area contributed by atoms with Crippen LogP contribution in [0.15, 0.2) is 48.9 Å². The van der Waals surface area contributed by atoms with E-state index in [1.165, 1.54) is 0 Å². The zero-order valence-electron chi connectivity index (χ0n) is 16.3. The van der Waals surface area contributed by atoms with E-state index in [0.29, 0.717) is 5.56 Å². The van der Waals surface area contributed by atoms with Crippen LogP contribution in [0.3, 0.4) is 0 Å². The highest BCUT2D eigenvalue weighted by Crippen LogP contribution is 2.25. The second-order valence-corrected chi connectivity index (χ2v) is 6.98. The van der Waals surface area contributed by atoms with E-state index in [2.05, 4.69) is 15.5 Å². The van der Waals surface area contributed by atoms with Crippen molar-refractivity contribution < 1.29 is 4.79 Å². The van der Waals surface area contributed by atoms with Crippen molar-refractivity contribution in [2.24, 2.45) is 14.1 Å². The molecular formula is C21H22N6O. The molecule has 0 aliphatic carbocycles. The maximum Gasteiger partial charge on any atom is 0.252 e. The average molecular weight is 374 g/mol. The second kappa shape index (κ2) is 6.92. The minimum atomic E-state index is -0.157. The molecule has 0 aliphatic heterocycles. The fourth-order valence-electron chi connectivity index (χ4n) is 3.36. The number of amides is 1. The van der Waals surface area contributed by atoms with E-state index in [4.69, 9.17) is 4.98 Å². The highest BCUT2D eigenvalue weighted by atomic mass is 16.1. The predicted molar refractivity (Wildman–Crippen MR) is 108 cm³/mol. The van der Waals surface area contributed by atoms with Gasteiger partial charge in [0.05, 0.1) is 35.2 Å². The first-order valence-electron chi connectivity index (χ1n) is 9.12. The van der Waals surface area contributed by atoms with Crippen LogP contribution >= 0.6 is 0 Å². The van der Waals surface area contributed by atoms with Crippen molar-refractivity contribution in [2.45, 2.75) is 19.9 Å². The van der Waals surface area contributed by atoms with Gasteiger partial charge in [-0.15, -0.1) is 0 Å². The van der Waals surface area contributed by atoms with Gasteiger partial charge >= 0.3 is 0 Å². The lowest BCUT2D eigenvalue weighted by Crippen LogP contribution is -2.27. The van der Waals surface area contributed by atoms with Gasteiger partial charge in [0.2, 0.25) is 0 Å². The van der Waals surface area contributed by atoms with Crippen molar-refractivity contribution in [3.8, 4) is 11.3 Å². The van der Waals surface area contributed by atoms with Crippen LogP contribution in [-0.2, 0) is 14.1 Å². The van der Waals surface area contributed by atoms with E-state index in [0.717, 1.165) is 33.4 Å². The number of carbonyl (C=O) groups excluding carboxylic acids is 1. The van der Waals surface area contributed by atoms with E-state index in [9.17, 15) is 4.79 Å². The Morgan fingerprint density at radius 1 is 1.14 bits per heavy atom. The van der Waals surface area contributed by atoms with Crippen LogP contribution < -0.4 is 5.32 Å². The maximum atomic E-state index is 13.2. The van der Waals surface area contributed by atoms with Crippen molar-refractivity contribution in [1.29, 1.82) is 0 Å². The Labute approximate surface area is 163 Å². The van der Waals surface area contributed by atoms with Crippen molar-refractivity contribution in [3.05, 3.63) is 65.7 Å². The van der Waals surface area contributed by atoms with Gasteiger partial charge in [-0.05, 0) is 26.0 Å². The third-order valence-electron chi connectivity index (χ3n) is 5.05. The summed E-state index contributed by atoms with van der Waals surface area (Å²) in [6.07, 6.45) is 5.44. The molecule has 1 amide bonds. The van der Waals surface area contributed by atoms with Gasteiger partial charge in [0, 0.05) is 42.5 Å². The first kappa shape index (κ1) is 17.9. The van der Waals surface area contributed by atoms with E-state index in [1.807, 2.05) is 64.5 Å². The minimum Gasteiger partial charge on any atom is -0.345 e.